The zero-order valence-electron chi connectivity index (χ0n) is 17.5. The molecule has 1 aliphatic carbocycles. The largest absolute Gasteiger partial charge is 0.497 e. The third-order valence-electron chi connectivity index (χ3n) is 6.42. The summed E-state index contributed by atoms with van der Waals surface area (Å²) in [7, 11) is -0.157. The lowest BCUT2D eigenvalue weighted by Gasteiger charge is -2.30. The lowest BCUT2D eigenvalue weighted by Crippen LogP contribution is -2.43. The summed E-state index contributed by atoms with van der Waals surface area (Å²) < 4.78 is 34.9. The molecule has 1 aromatic carbocycles. The van der Waals surface area contributed by atoms with Crippen molar-refractivity contribution < 1.29 is 13.2 Å². The van der Waals surface area contributed by atoms with E-state index in [-0.39, 0.29) is 6.04 Å². The predicted molar refractivity (Wildman–Crippen MR) is 120 cm³/mol. The van der Waals surface area contributed by atoms with Crippen LogP contribution in [0.5, 0.6) is 5.75 Å². The first-order chi connectivity index (χ1) is 13.9. The van der Waals surface area contributed by atoms with E-state index in [0.29, 0.717) is 5.92 Å². The Hall–Kier alpha value is -0.670. The smallest absolute Gasteiger partial charge is 0.276 e. The average Bonchev–Trinajstić information content (AvgIpc) is 3.16. The molecular formula is C21H34BrN3O3S. The highest BCUT2D eigenvalue weighted by molar-refractivity contribution is 9.10. The zero-order chi connectivity index (χ0) is 20.9. The summed E-state index contributed by atoms with van der Waals surface area (Å²) in [6.45, 7) is 3.51. The van der Waals surface area contributed by atoms with Crippen LogP contribution in [0.2, 0.25) is 0 Å². The number of ether oxygens (including phenoxy) is 1. The molecule has 0 aromatic heterocycles. The quantitative estimate of drug-likeness (QED) is 0.560. The third-order valence-corrected chi connectivity index (χ3v) is 8.38. The maximum absolute atomic E-state index is 11.6. The fourth-order valence-corrected chi connectivity index (χ4v) is 5.84. The number of hydrogen-bond donors (Lipinski definition) is 2. The fourth-order valence-electron chi connectivity index (χ4n) is 4.64. The molecule has 0 spiro atoms. The van der Waals surface area contributed by atoms with Gasteiger partial charge in [-0.25, -0.2) is 4.72 Å². The Kier molecular flexibility index (Phi) is 8.39. The Balaban J connectivity index is 1.38. The monoisotopic (exact) mass is 487 g/mol. The molecule has 1 aromatic rings. The molecule has 0 bridgehead atoms. The van der Waals surface area contributed by atoms with Crippen LogP contribution in [-0.4, -0.2) is 53.2 Å². The highest BCUT2D eigenvalue weighted by atomic mass is 79.9. The highest BCUT2D eigenvalue weighted by Crippen LogP contribution is 2.30. The van der Waals surface area contributed by atoms with Crippen molar-refractivity contribution in [3.8, 4) is 5.75 Å². The van der Waals surface area contributed by atoms with Crippen LogP contribution < -0.4 is 14.2 Å². The van der Waals surface area contributed by atoms with Gasteiger partial charge in [0.1, 0.15) is 5.75 Å². The second-order valence-corrected chi connectivity index (χ2v) is 11.0. The van der Waals surface area contributed by atoms with E-state index >= 15 is 0 Å². The topological polar surface area (TPSA) is 70.7 Å². The van der Waals surface area contributed by atoms with Gasteiger partial charge in [0.15, 0.2) is 0 Å². The van der Waals surface area contributed by atoms with E-state index in [0.717, 1.165) is 50.3 Å². The normalized spacial score (nSPS) is 26.0. The molecule has 8 heteroatoms. The SMILES string of the molecule is CNS(=O)(=O)NC1CCC(CCN2CCC(Cc3cc(OC)ccc3Br)C2)CC1. The van der Waals surface area contributed by atoms with Gasteiger partial charge in [-0.3, -0.25) is 0 Å². The summed E-state index contributed by atoms with van der Waals surface area (Å²) in [6, 6.07) is 6.30. The van der Waals surface area contributed by atoms with Crippen LogP contribution in [0.15, 0.2) is 22.7 Å². The van der Waals surface area contributed by atoms with Crippen molar-refractivity contribution in [3.05, 3.63) is 28.2 Å². The maximum atomic E-state index is 11.6. The van der Waals surface area contributed by atoms with E-state index in [4.69, 9.17) is 4.74 Å². The minimum absolute atomic E-state index is 0.0844. The van der Waals surface area contributed by atoms with Gasteiger partial charge in [-0.05, 0) is 93.6 Å². The van der Waals surface area contributed by atoms with Crippen molar-refractivity contribution in [2.45, 2.75) is 51.0 Å². The lowest BCUT2D eigenvalue weighted by molar-refractivity contribution is 0.245. The molecule has 164 valence electrons. The van der Waals surface area contributed by atoms with Crippen molar-refractivity contribution >= 4 is 26.1 Å². The molecule has 0 radical (unpaired) electrons. The number of methoxy groups -OCH3 is 1. The molecule has 3 rings (SSSR count). The summed E-state index contributed by atoms with van der Waals surface area (Å²) in [5.74, 6) is 2.34. The van der Waals surface area contributed by atoms with Crippen LogP contribution in [0, 0.1) is 11.8 Å². The summed E-state index contributed by atoms with van der Waals surface area (Å²) in [4.78, 5) is 2.61. The molecule has 2 aliphatic rings. The first-order valence-corrected chi connectivity index (χ1v) is 12.9. The molecule has 0 amide bonds. The minimum Gasteiger partial charge on any atom is -0.497 e. The molecule has 2 N–H and O–H groups in total. The van der Waals surface area contributed by atoms with Gasteiger partial charge in [0.05, 0.1) is 7.11 Å². The zero-order valence-corrected chi connectivity index (χ0v) is 19.9. The Morgan fingerprint density at radius 1 is 1.17 bits per heavy atom. The van der Waals surface area contributed by atoms with E-state index in [2.05, 4.69) is 42.4 Å². The van der Waals surface area contributed by atoms with Crippen LogP contribution in [0.4, 0.5) is 0 Å². The van der Waals surface area contributed by atoms with Crippen LogP contribution in [0.25, 0.3) is 0 Å². The third kappa shape index (κ3) is 6.92. The Morgan fingerprint density at radius 2 is 1.93 bits per heavy atom. The van der Waals surface area contributed by atoms with Crippen LogP contribution in [-0.2, 0) is 16.6 Å². The Labute approximate surface area is 184 Å². The van der Waals surface area contributed by atoms with Crippen LogP contribution in [0.3, 0.4) is 0 Å². The summed E-state index contributed by atoms with van der Waals surface area (Å²) in [6.07, 6.45) is 7.68. The predicted octanol–water partition coefficient (Wildman–Crippen LogP) is 3.32. The highest BCUT2D eigenvalue weighted by Gasteiger charge is 2.27. The summed E-state index contributed by atoms with van der Waals surface area (Å²) in [5, 5.41) is 0. The Morgan fingerprint density at radius 3 is 2.62 bits per heavy atom. The van der Waals surface area contributed by atoms with E-state index in [1.807, 2.05) is 6.07 Å². The number of benzene rings is 1. The van der Waals surface area contributed by atoms with Crippen molar-refractivity contribution in [3.63, 3.8) is 0 Å². The molecule has 1 atom stereocenters. The van der Waals surface area contributed by atoms with Crippen molar-refractivity contribution in [1.82, 2.24) is 14.3 Å². The summed E-state index contributed by atoms with van der Waals surface area (Å²) in [5.41, 5.74) is 1.33. The van der Waals surface area contributed by atoms with Gasteiger partial charge in [-0.15, -0.1) is 0 Å². The standard InChI is InChI=1S/C21H34BrN3O3S/c1-23-29(26,27)24-19-5-3-16(4-6-19)9-11-25-12-10-17(15-25)13-18-14-20(28-2)7-8-21(18)22/h7-8,14,16-17,19,23-24H,3-6,9-13,15H2,1-2H3. The lowest BCUT2D eigenvalue weighted by atomic mass is 9.84. The maximum Gasteiger partial charge on any atom is 0.276 e. The van der Waals surface area contributed by atoms with Gasteiger partial charge in [0.2, 0.25) is 0 Å². The van der Waals surface area contributed by atoms with Gasteiger partial charge < -0.3 is 9.64 Å². The first kappa shape index (κ1) is 23.0. The molecule has 6 nitrogen and oxygen atoms in total. The number of halogens is 1. The van der Waals surface area contributed by atoms with E-state index in [1.54, 1.807) is 7.11 Å². The van der Waals surface area contributed by atoms with Gasteiger partial charge in [0.25, 0.3) is 10.2 Å². The van der Waals surface area contributed by atoms with Gasteiger partial charge in [-0.2, -0.15) is 13.1 Å². The molecular weight excluding hydrogens is 454 g/mol. The number of nitrogens with zero attached hydrogens (tertiary/aromatic N) is 1. The van der Waals surface area contributed by atoms with E-state index in [1.165, 1.54) is 43.0 Å². The van der Waals surface area contributed by atoms with Crippen LogP contribution >= 0.6 is 15.9 Å². The van der Waals surface area contributed by atoms with Gasteiger partial charge in [-0.1, -0.05) is 15.9 Å². The average molecular weight is 488 g/mol. The number of rotatable bonds is 9. The molecule has 1 unspecified atom stereocenters. The summed E-state index contributed by atoms with van der Waals surface area (Å²) >= 11 is 3.68. The van der Waals surface area contributed by atoms with Crippen LogP contribution in [0.1, 0.15) is 44.1 Å². The second-order valence-electron chi connectivity index (χ2n) is 8.45. The van der Waals surface area contributed by atoms with E-state index in [9.17, 15) is 8.42 Å². The first-order valence-electron chi connectivity index (χ1n) is 10.6. The number of hydrogen-bond acceptors (Lipinski definition) is 4. The van der Waals surface area contributed by atoms with Crippen molar-refractivity contribution in [2.75, 3.05) is 33.8 Å². The fraction of sp³-hybridized carbons (Fsp3) is 0.714. The number of nitrogens with one attached hydrogen (secondary N) is 2. The molecule has 1 heterocycles. The van der Waals surface area contributed by atoms with Crippen molar-refractivity contribution in [1.29, 1.82) is 0 Å². The molecule has 2 fully saturated rings. The second kappa shape index (κ2) is 10.6. The molecule has 1 aliphatic heterocycles. The van der Waals surface area contributed by atoms with Crippen molar-refractivity contribution in [2.24, 2.45) is 11.8 Å². The van der Waals surface area contributed by atoms with Gasteiger partial charge in [0, 0.05) is 24.1 Å². The number of likely N-dealkylation sites (tertiary alicyclic amines) is 1. The molecule has 29 heavy (non-hydrogen) atoms. The minimum atomic E-state index is -3.32. The Bertz CT molecular complexity index is 766. The molecule has 1 saturated carbocycles. The van der Waals surface area contributed by atoms with Gasteiger partial charge >= 0.3 is 0 Å². The molecule has 1 saturated heterocycles. The van der Waals surface area contributed by atoms with E-state index < -0.39 is 10.2 Å².